The van der Waals surface area contributed by atoms with E-state index in [0.717, 1.165) is 0 Å². The number of hydrogen-bond acceptors (Lipinski definition) is 3. The predicted octanol–water partition coefficient (Wildman–Crippen LogP) is 1.50. The first-order valence-corrected chi connectivity index (χ1v) is 4.19. The summed E-state index contributed by atoms with van der Waals surface area (Å²) in [7, 11) is 0. The molecule has 0 bridgehead atoms. The maximum atomic E-state index is 9.68. The van der Waals surface area contributed by atoms with E-state index in [1.165, 1.54) is 12.3 Å². The number of aliphatic hydroxyl groups excluding tert-OH is 2. The average molecular weight is 182 g/mol. The van der Waals surface area contributed by atoms with Crippen molar-refractivity contribution in [1.29, 1.82) is 0 Å². The van der Waals surface area contributed by atoms with Gasteiger partial charge in [-0.25, -0.2) is 0 Å². The monoisotopic (exact) mass is 182 g/mol. The highest BCUT2D eigenvalue weighted by atomic mass is 16.4. The Morgan fingerprint density at radius 2 is 2.23 bits per heavy atom. The summed E-state index contributed by atoms with van der Waals surface area (Å²) in [6.45, 7) is 5.19. The molecular weight excluding hydrogens is 168 g/mol. The lowest BCUT2D eigenvalue weighted by Crippen LogP contribution is -2.21. The average Bonchev–Trinajstić information content (AvgIpc) is 2.67. The molecular formula is C10H14O3. The Balaban J connectivity index is 2.67. The third-order valence-electron chi connectivity index (χ3n) is 2.11. The van der Waals surface area contributed by atoms with Crippen molar-refractivity contribution in [3.8, 4) is 0 Å². The highest BCUT2D eigenvalue weighted by Crippen LogP contribution is 2.24. The zero-order chi connectivity index (χ0) is 9.84. The lowest BCUT2D eigenvalue weighted by Gasteiger charge is -2.19. The summed E-state index contributed by atoms with van der Waals surface area (Å²) >= 11 is 0. The molecule has 1 aromatic rings. The van der Waals surface area contributed by atoms with Crippen molar-refractivity contribution < 1.29 is 14.6 Å². The quantitative estimate of drug-likeness (QED) is 0.694. The smallest absolute Gasteiger partial charge is 0.132 e. The second-order valence-electron chi connectivity index (χ2n) is 3.05. The molecule has 3 heteroatoms. The molecule has 0 unspecified atom stereocenters. The molecule has 1 aromatic heterocycles. The summed E-state index contributed by atoms with van der Waals surface area (Å²) in [5.74, 6) is 0.150. The molecule has 1 rings (SSSR count). The lowest BCUT2D eigenvalue weighted by molar-refractivity contribution is 0.0311. The zero-order valence-electron chi connectivity index (χ0n) is 7.55. The lowest BCUT2D eigenvalue weighted by atomic mass is 9.96. The van der Waals surface area contributed by atoms with Gasteiger partial charge in [0.15, 0.2) is 0 Å². The molecule has 0 aliphatic carbocycles. The van der Waals surface area contributed by atoms with Gasteiger partial charge in [-0.3, -0.25) is 0 Å². The van der Waals surface area contributed by atoms with Crippen molar-refractivity contribution in [3.05, 3.63) is 36.8 Å². The number of aliphatic hydroxyl groups is 2. The van der Waals surface area contributed by atoms with Crippen molar-refractivity contribution >= 4 is 0 Å². The highest BCUT2D eigenvalue weighted by Gasteiger charge is 2.23. The summed E-state index contributed by atoms with van der Waals surface area (Å²) in [6.07, 6.45) is 1.38. The number of hydrogen-bond donors (Lipinski definition) is 2. The molecule has 0 fully saturated rings. The first-order valence-electron chi connectivity index (χ1n) is 4.19. The maximum Gasteiger partial charge on any atom is 0.132 e. The van der Waals surface area contributed by atoms with E-state index in [1.54, 1.807) is 19.1 Å². The Morgan fingerprint density at radius 1 is 1.54 bits per heavy atom. The van der Waals surface area contributed by atoms with Crippen LogP contribution in [0.25, 0.3) is 0 Å². The Bertz CT molecular complexity index is 253. The first kappa shape index (κ1) is 10.0. The molecule has 1 heterocycles. The Kier molecular flexibility index (Phi) is 3.28. The van der Waals surface area contributed by atoms with Crippen LogP contribution in [0.5, 0.6) is 0 Å². The van der Waals surface area contributed by atoms with Crippen LogP contribution in [0.1, 0.15) is 18.8 Å². The van der Waals surface area contributed by atoms with Crippen LogP contribution >= 0.6 is 0 Å². The minimum Gasteiger partial charge on any atom is -0.467 e. The summed E-state index contributed by atoms with van der Waals surface area (Å²) in [4.78, 5) is 0. The van der Waals surface area contributed by atoms with Crippen LogP contribution < -0.4 is 0 Å². The zero-order valence-corrected chi connectivity index (χ0v) is 7.55. The summed E-state index contributed by atoms with van der Waals surface area (Å²) in [5, 5.41) is 19.1. The standard InChI is InChI=1S/C10H14O3/c1-3-8(11)7(2)10(12)9-5-4-6-13-9/h3-8,10-12H,1H2,2H3/t7-,8-,10-/m0/s1. The normalized spacial score (nSPS) is 17.8. The van der Waals surface area contributed by atoms with Gasteiger partial charge in [0.1, 0.15) is 11.9 Å². The summed E-state index contributed by atoms with van der Waals surface area (Å²) in [6, 6.07) is 3.38. The van der Waals surface area contributed by atoms with E-state index >= 15 is 0 Å². The maximum absolute atomic E-state index is 9.68. The largest absolute Gasteiger partial charge is 0.467 e. The Morgan fingerprint density at radius 3 is 2.69 bits per heavy atom. The van der Waals surface area contributed by atoms with Gasteiger partial charge in [0.25, 0.3) is 0 Å². The molecule has 2 N–H and O–H groups in total. The van der Waals surface area contributed by atoms with Gasteiger partial charge < -0.3 is 14.6 Å². The van der Waals surface area contributed by atoms with E-state index < -0.39 is 12.2 Å². The number of furan rings is 1. The fraction of sp³-hybridized carbons (Fsp3) is 0.400. The topological polar surface area (TPSA) is 53.6 Å². The van der Waals surface area contributed by atoms with Crippen LogP contribution in [0.4, 0.5) is 0 Å². The van der Waals surface area contributed by atoms with Gasteiger partial charge in [-0.15, -0.1) is 6.58 Å². The molecule has 0 saturated carbocycles. The molecule has 0 aliphatic heterocycles. The SMILES string of the molecule is C=C[C@H](O)[C@H](C)[C@H](O)c1ccco1. The van der Waals surface area contributed by atoms with Crippen molar-refractivity contribution in [2.75, 3.05) is 0 Å². The molecule has 13 heavy (non-hydrogen) atoms. The van der Waals surface area contributed by atoms with E-state index in [9.17, 15) is 10.2 Å². The van der Waals surface area contributed by atoms with Gasteiger partial charge in [-0.2, -0.15) is 0 Å². The summed E-state index contributed by atoms with van der Waals surface area (Å²) in [5.41, 5.74) is 0. The van der Waals surface area contributed by atoms with E-state index in [0.29, 0.717) is 5.76 Å². The predicted molar refractivity (Wildman–Crippen MR) is 49.0 cm³/mol. The third-order valence-corrected chi connectivity index (χ3v) is 2.11. The van der Waals surface area contributed by atoms with Crippen LogP contribution in [-0.2, 0) is 0 Å². The fourth-order valence-corrected chi connectivity index (χ4v) is 1.12. The van der Waals surface area contributed by atoms with Crippen LogP contribution in [0, 0.1) is 5.92 Å². The molecule has 72 valence electrons. The van der Waals surface area contributed by atoms with Crippen molar-refractivity contribution in [3.63, 3.8) is 0 Å². The Hall–Kier alpha value is -1.06. The molecule has 0 amide bonds. The van der Waals surface area contributed by atoms with E-state index in [-0.39, 0.29) is 5.92 Å². The molecule has 0 spiro atoms. The van der Waals surface area contributed by atoms with Gasteiger partial charge in [0.05, 0.1) is 12.4 Å². The molecule has 0 aromatic carbocycles. The molecule has 0 radical (unpaired) electrons. The second kappa shape index (κ2) is 4.25. The first-order chi connectivity index (χ1) is 6.16. The van der Waals surface area contributed by atoms with Crippen LogP contribution in [0.15, 0.2) is 35.5 Å². The second-order valence-corrected chi connectivity index (χ2v) is 3.05. The van der Waals surface area contributed by atoms with Gasteiger partial charge >= 0.3 is 0 Å². The number of rotatable bonds is 4. The van der Waals surface area contributed by atoms with Crippen molar-refractivity contribution in [2.45, 2.75) is 19.1 Å². The van der Waals surface area contributed by atoms with Gasteiger partial charge in [-0.1, -0.05) is 13.0 Å². The van der Waals surface area contributed by atoms with Gasteiger partial charge in [0, 0.05) is 5.92 Å². The van der Waals surface area contributed by atoms with E-state index in [4.69, 9.17) is 4.42 Å². The highest BCUT2D eigenvalue weighted by molar-refractivity contribution is 5.04. The summed E-state index contributed by atoms with van der Waals surface area (Å²) < 4.78 is 5.02. The van der Waals surface area contributed by atoms with E-state index in [1.807, 2.05) is 0 Å². The Labute approximate surface area is 77.3 Å². The molecule has 3 atom stereocenters. The minimum atomic E-state index is -0.789. The van der Waals surface area contributed by atoms with Gasteiger partial charge in [0.2, 0.25) is 0 Å². The third kappa shape index (κ3) is 2.20. The van der Waals surface area contributed by atoms with E-state index in [2.05, 4.69) is 6.58 Å². The van der Waals surface area contributed by atoms with Crippen molar-refractivity contribution in [1.82, 2.24) is 0 Å². The van der Waals surface area contributed by atoms with Crippen molar-refractivity contribution in [2.24, 2.45) is 5.92 Å². The molecule has 3 nitrogen and oxygen atoms in total. The molecule has 0 saturated heterocycles. The van der Waals surface area contributed by atoms with Crippen LogP contribution in [-0.4, -0.2) is 16.3 Å². The minimum absolute atomic E-state index is 0.316. The van der Waals surface area contributed by atoms with Crippen LogP contribution in [0.3, 0.4) is 0 Å². The van der Waals surface area contributed by atoms with Crippen LogP contribution in [0.2, 0.25) is 0 Å². The molecule has 0 aliphatic rings. The van der Waals surface area contributed by atoms with Gasteiger partial charge in [-0.05, 0) is 12.1 Å². The fourth-order valence-electron chi connectivity index (χ4n) is 1.12.